The van der Waals surface area contributed by atoms with Gasteiger partial charge in [0.15, 0.2) is 0 Å². The van der Waals surface area contributed by atoms with Crippen LogP contribution in [0, 0.1) is 5.92 Å². The normalized spacial score (nSPS) is 27.1. The van der Waals surface area contributed by atoms with Crippen molar-refractivity contribution in [2.75, 3.05) is 0 Å². The van der Waals surface area contributed by atoms with Crippen molar-refractivity contribution in [1.29, 1.82) is 0 Å². The molecule has 0 amide bonds. The van der Waals surface area contributed by atoms with Gasteiger partial charge in [-0.3, -0.25) is 4.79 Å². The number of aliphatic carboxylic acids is 1. The minimum absolute atomic E-state index is 0.132. The second-order valence-electron chi connectivity index (χ2n) is 3.40. The molecule has 1 fully saturated rings. The van der Waals surface area contributed by atoms with Gasteiger partial charge in [-0.15, -0.1) is 0 Å². The molecule has 0 spiro atoms. The van der Waals surface area contributed by atoms with Crippen LogP contribution >= 0.6 is 0 Å². The van der Waals surface area contributed by atoms with Crippen LogP contribution in [0.3, 0.4) is 0 Å². The van der Waals surface area contributed by atoms with Gasteiger partial charge in [0.05, 0.1) is 5.92 Å². The summed E-state index contributed by atoms with van der Waals surface area (Å²) in [6, 6.07) is 1.99. The fourth-order valence-electron chi connectivity index (χ4n) is 1.58. The standard InChI is InChI=1S/C9H11NO2/c1-10-3-2-6(5-10)7-4-8(7)9(11)12/h2-3,5,7-8H,4H2,1H3,(H,11,12)/t7-,8+/m1/s1. The first-order valence-electron chi connectivity index (χ1n) is 4.03. The van der Waals surface area contributed by atoms with Gasteiger partial charge in [-0.1, -0.05) is 0 Å². The first-order chi connectivity index (χ1) is 5.68. The molecular weight excluding hydrogens is 154 g/mol. The van der Waals surface area contributed by atoms with Crippen molar-refractivity contribution in [3.05, 3.63) is 24.0 Å². The predicted molar refractivity (Wildman–Crippen MR) is 43.9 cm³/mol. The maximum atomic E-state index is 10.5. The Balaban J connectivity index is 2.10. The highest BCUT2D eigenvalue weighted by atomic mass is 16.4. The second-order valence-corrected chi connectivity index (χ2v) is 3.40. The SMILES string of the molecule is Cn1ccc([C@H]2C[C@@H]2C(=O)O)c1. The molecule has 2 rings (SSSR count). The summed E-state index contributed by atoms with van der Waals surface area (Å²) in [4.78, 5) is 10.5. The first-order valence-corrected chi connectivity index (χ1v) is 4.03. The zero-order valence-electron chi connectivity index (χ0n) is 6.90. The summed E-state index contributed by atoms with van der Waals surface area (Å²) in [7, 11) is 1.95. The molecule has 1 aromatic heterocycles. The molecule has 1 aliphatic carbocycles. The fourth-order valence-corrected chi connectivity index (χ4v) is 1.58. The van der Waals surface area contributed by atoms with E-state index < -0.39 is 5.97 Å². The van der Waals surface area contributed by atoms with Crippen LogP contribution in [-0.4, -0.2) is 15.6 Å². The van der Waals surface area contributed by atoms with Crippen molar-refractivity contribution in [2.45, 2.75) is 12.3 Å². The summed E-state index contributed by atoms with van der Waals surface area (Å²) in [5.41, 5.74) is 1.16. The van der Waals surface area contributed by atoms with Gasteiger partial charge in [-0.25, -0.2) is 0 Å². The molecule has 64 valence electrons. The van der Waals surface area contributed by atoms with Crippen LogP contribution in [0.25, 0.3) is 0 Å². The number of hydrogen-bond acceptors (Lipinski definition) is 1. The van der Waals surface area contributed by atoms with E-state index in [1.807, 2.05) is 30.1 Å². The van der Waals surface area contributed by atoms with E-state index in [-0.39, 0.29) is 11.8 Å². The third-order valence-electron chi connectivity index (χ3n) is 2.39. The summed E-state index contributed by atoms with van der Waals surface area (Å²) in [5, 5.41) is 8.68. The average molecular weight is 165 g/mol. The molecule has 0 aromatic carbocycles. The smallest absolute Gasteiger partial charge is 0.307 e. The largest absolute Gasteiger partial charge is 0.481 e. The van der Waals surface area contributed by atoms with Crippen LogP contribution in [0.2, 0.25) is 0 Å². The Morgan fingerprint density at radius 2 is 2.50 bits per heavy atom. The highest BCUT2D eigenvalue weighted by Gasteiger charge is 2.44. The number of rotatable bonds is 2. The molecule has 2 atom stereocenters. The number of hydrogen-bond donors (Lipinski definition) is 1. The highest BCUT2D eigenvalue weighted by molar-refractivity contribution is 5.75. The molecule has 12 heavy (non-hydrogen) atoms. The molecule has 3 nitrogen and oxygen atoms in total. The van der Waals surface area contributed by atoms with Crippen molar-refractivity contribution in [2.24, 2.45) is 13.0 Å². The second kappa shape index (κ2) is 2.37. The lowest BCUT2D eigenvalue weighted by Gasteiger charge is -1.90. The van der Waals surface area contributed by atoms with Crippen LogP contribution < -0.4 is 0 Å². The molecule has 0 saturated heterocycles. The Bertz CT molecular complexity index is 316. The van der Waals surface area contributed by atoms with Crippen LogP contribution in [0.4, 0.5) is 0 Å². The van der Waals surface area contributed by atoms with Crippen molar-refractivity contribution in [3.8, 4) is 0 Å². The molecule has 1 saturated carbocycles. The van der Waals surface area contributed by atoms with Crippen molar-refractivity contribution >= 4 is 5.97 Å². The molecule has 1 aliphatic rings. The minimum atomic E-state index is -0.663. The number of aromatic nitrogens is 1. The molecule has 0 unspecified atom stereocenters. The van der Waals surface area contributed by atoms with E-state index in [9.17, 15) is 4.79 Å². The quantitative estimate of drug-likeness (QED) is 0.715. The number of carboxylic acid groups (broad SMARTS) is 1. The molecule has 0 bridgehead atoms. The summed E-state index contributed by atoms with van der Waals surface area (Å²) in [6.07, 6.45) is 4.75. The molecule has 3 heteroatoms. The third kappa shape index (κ3) is 1.11. The van der Waals surface area contributed by atoms with E-state index in [0.717, 1.165) is 12.0 Å². The predicted octanol–water partition coefficient (Wildman–Crippen LogP) is 1.21. The Morgan fingerprint density at radius 1 is 1.75 bits per heavy atom. The third-order valence-corrected chi connectivity index (χ3v) is 2.39. The number of carboxylic acids is 1. The summed E-state index contributed by atoms with van der Waals surface area (Å²) in [5.74, 6) is -0.528. The van der Waals surface area contributed by atoms with Gasteiger partial charge >= 0.3 is 5.97 Å². The van der Waals surface area contributed by atoms with Gasteiger partial charge in [-0.2, -0.15) is 0 Å². The lowest BCUT2D eigenvalue weighted by Crippen LogP contribution is -1.98. The molecular formula is C9H11NO2. The van der Waals surface area contributed by atoms with E-state index in [2.05, 4.69) is 0 Å². The zero-order chi connectivity index (χ0) is 8.72. The van der Waals surface area contributed by atoms with E-state index in [4.69, 9.17) is 5.11 Å². The maximum absolute atomic E-state index is 10.5. The number of nitrogens with zero attached hydrogens (tertiary/aromatic N) is 1. The van der Waals surface area contributed by atoms with Crippen LogP contribution in [-0.2, 0) is 11.8 Å². The van der Waals surface area contributed by atoms with Crippen molar-refractivity contribution in [1.82, 2.24) is 4.57 Å². The van der Waals surface area contributed by atoms with Gasteiger partial charge in [0, 0.05) is 19.4 Å². The van der Waals surface area contributed by atoms with E-state index in [0.29, 0.717) is 0 Å². The lowest BCUT2D eigenvalue weighted by molar-refractivity contribution is -0.138. The zero-order valence-corrected chi connectivity index (χ0v) is 6.90. The van der Waals surface area contributed by atoms with Gasteiger partial charge < -0.3 is 9.67 Å². The summed E-state index contributed by atoms with van der Waals surface area (Å²) < 4.78 is 1.95. The maximum Gasteiger partial charge on any atom is 0.307 e. The molecule has 1 heterocycles. The number of carbonyl (C=O) groups is 1. The fraction of sp³-hybridized carbons (Fsp3) is 0.444. The Morgan fingerprint density at radius 3 is 2.92 bits per heavy atom. The van der Waals surface area contributed by atoms with E-state index in [1.165, 1.54) is 0 Å². The summed E-state index contributed by atoms with van der Waals surface area (Å²) in [6.45, 7) is 0. The van der Waals surface area contributed by atoms with Crippen molar-refractivity contribution in [3.63, 3.8) is 0 Å². The van der Waals surface area contributed by atoms with Crippen LogP contribution in [0.1, 0.15) is 17.9 Å². The Labute approximate surface area is 70.6 Å². The topological polar surface area (TPSA) is 42.2 Å². The molecule has 1 aromatic rings. The van der Waals surface area contributed by atoms with Gasteiger partial charge in [0.25, 0.3) is 0 Å². The monoisotopic (exact) mass is 165 g/mol. The molecule has 1 N–H and O–H groups in total. The van der Waals surface area contributed by atoms with Gasteiger partial charge in [0.1, 0.15) is 0 Å². The lowest BCUT2D eigenvalue weighted by atomic mass is 10.2. The van der Waals surface area contributed by atoms with Gasteiger partial charge in [0.2, 0.25) is 0 Å². The van der Waals surface area contributed by atoms with Gasteiger partial charge in [-0.05, 0) is 24.0 Å². The average Bonchev–Trinajstić information content (AvgIpc) is 2.70. The molecule has 0 aliphatic heterocycles. The minimum Gasteiger partial charge on any atom is -0.481 e. The van der Waals surface area contributed by atoms with E-state index >= 15 is 0 Å². The number of aryl methyl sites for hydroxylation is 1. The van der Waals surface area contributed by atoms with Crippen molar-refractivity contribution < 1.29 is 9.90 Å². The first kappa shape index (κ1) is 7.40. The van der Waals surface area contributed by atoms with Crippen LogP contribution in [0.15, 0.2) is 18.5 Å². The highest BCUT2D eigenvalue weighted by Crippen LogP contribution is 2.47. The van der Waals surface area contributed by atoms with Crippen LogP contribution in [0.5, 0.6) is 0 Å². The summed E-state index contributed by atoms with van der Waals surface area (Å²) >= 11 is 0. The van der Waals surface area contributed by atoms with E-state index in [1.54, 1.807) is 0 Å². The Kier molecular flexibility index (Phi) is 1.46. The Hall–Kier alpha value is -1.25. The molecule has 0 radical (unpaired) electrons.